The van der Waals surface area contributed by atoms with E-state index in [4.69, 9.17) is 0 Å². The summed E-state index contributed by atoms with van der Waals surface area (Å²) in [5.41, 5.74) is 0. The number of hydrogen-bond acceptors (Lipinski definition) is 3. The highest BCUT2D eigenvalue weighted by molar-refractivity contribution is 5.96. The van der Waals surface area contributed by atoms with Gasteiger partial charge < -0.3 is 5.32 Å². The first-order valence-corrected chi connectivity index (χ1v) is 2.85. The predicted molar refractivity (Wildman–Crippen MR) is 34.1 cm³/mol. The third-order valence-electron chi connectivity index (χ3n) is 0.969. The molecule has 0 saturated carbocycles. The Morgan fingerprint density at radius 2 is 2.67 bits per heavy atom. The molecule has 0 bridgehead atoms. The number of aliphatic imine (C=N–C) groups is 1. The lowest BCUT2D eigenvalue weighted by Crippen LogP contribution is -2.36. The standard InChI is InChI=1S/C5H9N3O/c1-4(9)8-5-6-2-3-7-5/h2-3H2,1H3,(H2,6,7,8,9). The highest BCUT2D eigenvalue weighted by Crippen LogP contribution is 1.79. The summed E-state index contributed by atoms with van der Waals surface area (Å²) in [7, 11) is 0. The fraction of sp³-hybridized carbons (Fsp3) is 0.600. The molecule has 0 saturated heterocycles. The van der Waals surface area contributed by atoms with Crippen LogP contribution in [0.4, 0.5) is 0 Å². The SMILES string of the molecule is CC(=O)NC1=NCCN1. The van der Waals surface area contributed by atoms with Crippen LogP contribution in [-0.4, -0.2) is 25.0 Å². The zero-order valence-electron chi connectivity index (χ0n) is 5.27. The first kappa shape index (κ1) is 6.07. The molecule has 1 aliphatic rings. The van der Waals surface area contributed by atoms with Crippen molar-refractivity contribution in [2.45, 2.75) is 6.92 Å². The largest absolute Gasteiger partial charge is 0.354 e. The first-order valence-electron chi connectivity index (χ1n) is 2.85. The average molecular weight is 127 g/mol. The van der Waals surface area contributed by atoms with E-state index in [1.165, 1.54) is 6.92 Å². The van der Waals surface area contributed by atoms with Crippen molar-refractivity contribution in [2.24, 2.45) is 4.99 Å². The summed E-state index contributed by atoms with van der Waals surface area (Å²) in [6.45, 7) is 3.05. The molecule has 0 aromatic carbocycles. The average Bonchev–Trinajstić information content (AvgIpc) is 2.15. The van der Waals surface area contributed by atoms with E-state index in [0.717, 1.165) is 13.1 Å². The lowest BCUT2D eigenvalue weighted by atomic mass is 10.7. The van der Waals surface area contributed by atoms with Crippen molar-refractivity contribution in [3.05, 3.63) is 0 Å². The maximum absolute atomic E-state index is 10.4. The van der Waals surface area contributed by atoms with E-state index in [1.807, 2.05) is 0 Å². The molecule has 0 atom stereocenters. The number of carbonyl (C=O) groups is 1. The fourth-order valence-corrected chi connectivity index (χ4v) is 0.648. The van der Waals surface area contributed by atoms with Gasteiger partial charge in [-0.15, -0.1) is 0 Å². The number of guanidine groups is 1. The molecule has 0 fully saturated rings. The molecule has 1 heterocycles. The Morgan fingerprint density at radius 1 is 1.89 bits per heavy atom. The normalized spacial score (nSPS) is 16.3. The van der Waals surface area contributed by atoms with Crippen LogP contribution in [0.3, 0.4) is 0 Å². The molecule has 0 aliphatic carbocycles. The van der Waals surface area contributed by atoms with Gasteiger partial charge in [-0.05, 0) is 0 Å². The molecule has 0 radical (unpaired) electrons. The van der Waals surface area contributed by atoms with E-state index in [-0.39, 0.29) is 5.91 Å². The highest BCUT2D eigenvalue weighted by atomic mass is 16.1. The van der Waals surface area contributed by atoms with Gasteiger partial charge in [0.25, 0.3) is 0 Å². The van der Waals surface area contributed by atoms with Crippen molar-refractivity contribution >= 4 is 11.9 Å². The van der Waals surface area contributed by atoms with Crippen LogP contribution in [0.2, 0.25) is 0 Å². The zero-order valence-corrected chi connectivity index (χ0v) is 5.27. The van der Waals surface area contributed by atoms with Gasteiger partial charge in [0.05, 0.1) is 6.54 Å². The molecular formula is C5H9N3O. The Kier molecular flexibility index (Phi) is 1.67. The summed E-state index contributed by atoms with van der Waals surface area (Å²) in [6.07, 6.45) is 0. The molecular weight excluding hydrogens is 118 g/mol. The van der Waals surface area contributed by atoms with Crippen LogP contribution in [0.15, 0.2) is 4.99 Å². The minimum absolute atomic E-state index is 0.0804. The van der Waals surface area contributed by atoms with Crippen molar-refractivity contribution in [2.75, 3.05) is 13.1 Å². The van der Waals surface area contributed by atoms with Crippen LogP contribution in [0.1, 0.15) is 6.92 Å². The van der Waals surface area contributed by atoms with Gasteiger partial charge >= 0.3 is 0 Å². The molecule has 1 amide bonds. The smallest absolute Gasteiger partial charge is 0.223 e. The summed E-state index contributed by atoms with van der Waals surface area (Å²) in [5.74, 6) is 0.519. The number of carbonyl (C=O) groups excluding carboxylic acids is 1. The van der Waals surface area contributed by atoms with Crippen molar-refractivity contribution in [3.63, 3.8) is 0 Å². The maximum Gasteiger partial charge on any atom is 0.223 e. The number of rotatable bonds is 0. The first-order chi connectivity index (χ1) is 4.29. The summed E-state index contributed by atoms with van der Waals surface area (Å²) in [6, 6.07) is 0. The molecule has 1 aliphatic heterocycles. The van der Waals surface area contributed by atoms with Gasteiger partial charge in [-0.2, -0.15) is 0 Å². The van der Waals surface area contributed by atoms with Gasteiger partial charge in [-0.25, -0.2) is 0 Å². The third-order valence-corrected chi connectivity index (χ3v) is 0.969. The molecule has 9 heavy (non-hydrogen) atoms. The van der Waals surface area contributed by atoms with Crippen LogP contribution in [0.5, 0.6) is 0 Å². The summed E-state index contributed by atoms with van der Waals surface area (Å²) in [4.78, 5) is 14.3. The molecule has 1 rings (SSSR count). The van der Waals surface area contributed by atoms with Gasteiger partial charge in [0.2, 0.25) is 5.91 Å². The Labute approximate surface area is 53.3 Å². The summed E-state index contributed by atoms with van der Waals surface area (Å²) >= 11 is 0. The van der Waals surface area contributed by atoms with Gasteiger partial charge in [0.15, 0.2) is 5.96 Å². The topological polar surface area (TPSA) is 53.5 Å². The van der Waals surface area contributed by atoms with Crippen LogP contribution < -0.4 is 10.6 Å². The second kappa shape index (κ2) is 2.48. The van der Waals surface area contributed by atoms with Crippen molar-refractivity contribution in [1.82, 2.24) is 10.6 Å². The monoisotopic (exact) mass is 127 g/mol. The molecule has 0 unspecified atom stereocenters. The Hall–Kier alpha value is -1.06. The molecule has 50 valence electrons. The van der Waals surface area contributed by atoms with Gasteiger partial charge in [0, 0.05) is 13.5 Å². The van der Waals surface area contributed by atoms with E-state index in [0.29, 0.717) is 5.96 Å². The van der Waals surface area contributed by atoms with Crippen LogP contribution in [0, 0.1) is 0 Å². The van der Waals surface area contributed by atoms with E-state index < -0.39 is 0 Å². The number of nitrogens with one attached hydrogen (secondary N) is 2. The van der Waals surface area contributed by atoms with E-state index in [1.54, 1.807) is 0 Å². The lowest BCUT2D eigenvalue weighted by molar-refractivity contribution is -0.117. The molecule has 0 aromatic heterocycles. The van der Waals surface area contributed by atoms with Crippen LogP contribution in [0.25, 0.3) is 0 Å². The molecule has 4 nitrogen and oxygen atoms in total. The van der Waals surface area contributed by atoms with E-state index in [9.17, 15) is 4.79 Å². The lowest BCUT2D eigenvalue weighted by Gasteiger charge is -1.99. The highest BCUT2D eigenvalue weighted by Gasteiger charge is 2.03. The van der Waals surface area contributed by atoms with Gasteiger partial charge in [-0.1, -0.05) is 0 Å². The van der Waals surface area contributed by atoms with Crippen molar-refractivity contribution < 1.29 is 4.79 Å². The Bertz CT molecular complexity index is 152. The summed E-state index contributed by atoms with van der Waals surface area (Å²) in [5, 5.41) is 5.45. The minimum Gasteiger partial charge on any atom is -0.354 e. The number of hydrogen-bond donors (Lipinski definition) is 2. The Morgan fingerprint density at radius 3 is 3.11 bits per heavy atom. The van der Waals surface area contributed by atoms with Gasteiger partial charge in [0.1, 0.15) is 0 Å². The second-order valence-electron chi connectivity index (χ2n) is 1.84. The Balaban J connectivity index is 2.35. The molecule has 4 heteroatoms. The van der Waals surface area contributed by atoms with Crippen LogP contribution >= 0.6 is 0 Å². The van der Waals surface area contributed by atoms with Crippen molar-refractivity contribution in [1.29, 1.82) is 0 Å². The van der Waals surface area contributed by atoms with E-state index in [2.05, 4.69) is 15.6 Å². The maximum atomic E-state index is 10.4. The zero-order chi connectivity index (χ0) is 6.69. The molecule has 0 aromatic rings. The van der Waals surface area contributed by atoms with E-state index >= 15 is 0 Å². The fourth-order valence-electron chi connectivity index (χ4n) is 0.648. The second-order valence-corrected chi connectivity index (χ2v) is 1.84. The van der Waals surface area contributed by atoms with Gasteiger partial charge in [-0.3, -0.25) is 15.1 Å². The third kappa shape index (κ3) is 1.71. The molecule has 0 spiro atoms. The summed E-state index contributed by atoms with van der Waals surface area (Å²) < 4.78 is 0. The number of nitrogens with zero attached hydrogens (tertiary/aromatic N) is 1. The number of amides is 1. The van der Waals surface area contributed by atoms with Crippen molar-refractivity contribution in [3.8, 4) is 0 Å². The molecule has 2 N–H and O–H groups in total. The van der Waals surface area contributed by atoms with Crippen LogP contribution in [-0.2, 0) is 4.79 Å². The minimum atomic E-state index is -0.0804. The quantitative estimate of drug-likeness (QED) is 0.442. The predicted octanol–water partition coefficient (Wildman–Crippen LogP) is -0.918.